The van der Waals surface area contributed by atoms with Gasteiger partial charge >= 0.3 is 5.97 Å². The molecule has 15 heavy (non-hydrogen) atoms. The molecule has 0 aromatic rings. The van der Waals surface area contributed by atoms with Gasteiger partial charge in [-0.05, 0) is 25.7 Å². The Morgan fingerprint density at radius 2 is 2.27 bits per heavy atom. The van der Waals surface area contributed by atoms with Crippen molar-refractivity contribution in [3.63, 3.8) is 0 Å². The van der Waals surface area contributed by atoms with E-state index in [1.54, 1.807) is 0 Å². The van der Waals surface area contributed by atoms with E-state index in [9.17, 15) is 9.90 Å². The number of carbonyl (C=O) groups excluding carboxylic acids is 1. The predicted molar refractivity (Wildman–Crippen MR) is 54.8 cm³/mol. The Kier molecular flexibility index (Phi) is 4.11. The minimum Gasteiger partial charge on any atom is -0.433 e. The number of rotatable bonds is 3. The molecule has 0 unspecified atom stereocenters. The van der Waals surface area contributed by atoms with Crippen LogP contribution in [0.3, 0.4) is 0 Å². The zero-order chi connectivity index (χ0) is 11.5. The molecule has 1 aliphatic carbocycles. The van der Waals surface area contributed by atoms with Crippen molar-refractivity contribution in [3.8, 4) is 0 Å². The van der Waals surface area contributed by atoms with Gasteiger partial charge in [-0.25, -0.2) is 0 Å². The number of esters is 1. The van der Waals surface area contributed by atoms with Gasteiger partial charge in [-0.1, -0.05) is 12.8 Å². The van der Waals surface area contributed by atoms with Crippen molar-refractivity contribution in [1.82, 2.24) is 0 Å². The van der Waals surface area contributed by atoms with Gasteiger partial charge in [0.05, 0.1) is 0 Å². The Morgan fingerprint density at radius 3 is 2.73 bits per heavy atom. The van der Waals surface area contributed by atoms with Gasteiger partial charge in [-0.3, -0.25) is 4.79 Å². The van der Waals surface area contributed by atoms with Crippen molar-refractivity contribution in [2.45, 2.75) is 44.5 Å². The Labute approximate surface area is 90.6 Å². The van der Waals surface area contributed by atoms with Crippen LogP contribution >= 0.6 is 0 Å². The molecule has 4 nitrogen and oxygen atoms in total. The molecule has 0 amide bonds. The van der Waals surface area contributed by atoms with Gasteiger partial charge < -0.3 is 14.6 Å². The number of methoxy groups -OCH3 is 1. The monoisotopic (exact) mass is 215 g/mol. The Morgan fingerprint density at radius 1 is 1.60 bits per heavy atom. The molecule has 0 bridgehead atoms. The molecule has 1 rings (SSSR count). The van der Waals surface area contributed by atoms with Crippen LogP contribution in [0.5, 0.6) is 0 Å². The number of ether oxygens (including phenoxy) is 2. The zero-order valence-electron chi connectivity index (χ0n) is 9.36. The molecule has 1 aliphatic rings. The van der Waals surface area contributed by atoms with Crippen molar-refractivity contribution in [1.29, 1.82) is 0 Å². The van der Waals surface area contributed by atoms with Gasteiger partial charge in [-0.15, -0.1) is 0 Å². The lowest BCUT2D eigenvalue weighted by atomic mass is 9.76. The molecule has 4 heteroatoms. The van der Waals surface area contributed by atoms with Crippen LogP contribution in [0, 0.1) is 12.8 Å². The molecule has 87 valence electrons. The summed E-state index contributed by atoms with van der Waals surface area (Å²) in [7, 11) is 1.42. The Bertz CT molecular complexity index is 229. The zero-order valence-corrected chi connectivity index (χ0v) is 9.36. The van der Waals surface area contributed by atoms with Crippen LogP contribution in [0.25, 0.3) is 0 Å². The summed E-state index contributed by atoms with van der Waals surface area (Å²) in [5, 5.41) is 10.4. The van der Waals surface area contributed by atoms with E-state index in [-0.39, 0.29) is 5.92 Å². The van der Waals surface area contributed by atoms with E-state index in [0.717, 1.165) is 19.3 Å². The first kappa shape index (κ1) is 12.5. The molecule has 0 heterocycles. The summed E-state index contributed by atoms with van der Waals surface area (Å²) in [6.07, 6.45) is 2.44. The van der Waals surface area contributed by atoms with Crippen LogP contribution in [0.2, 0.25) is 0 Å². The molecule has 0 aromatic carbocycles. The lowest BCUT2D eigenvalue weighted by Gasteiger charge is -2.41. The highest BCUT2D eigenvalue weighted by Crippen LogP contribution is 2.37. The van der Waals surface area contributed by atoms with Crippen LogP contribution in [0.15, 0.2) is 0 Å². The maximum Gasteiger partial charge on any atom is 0.305 e. The van der Waals surface area contributed by atoms with E-state index in [2.05, 4.69) is 6.92 Å². The molecule has 0 saturated heterocycles. The summed E-state index contributed by atoms with van der Waals surface area (Å²) in [5.41, 5.74) is -1.14. The average molecular weight is 215 g/mol. The summed E-state index contributed by atoms with van der Waals surface area (Å²) in [6, 6.07) is 0. The Hall–Kier alpha value is -0.610. The van der Waals surface area contributed by atoms with Crippen molar-refractivity contribution in [3.05, 3.63) is 6.92 Å². The minimum absolute atomic E-state index is 0.157. The van der Waals surface area contributed by atoms with Crippen LogP contribution in [-0.2, 0) is 14.3 Å². The fourth-order valence-corrected chi connectivity index (χ4v) is 2.07. The van der Waals surface area contributed by atoms with E-state index >= 15 is 0 Å². The van der Waals surface area contributed by atoms with E-state index in [1.165, 1.54) is 14.0 Å². The molecule has 1 saturated carbocycles. The molecule has 3 atom stereocenters. The first-order valence-corrected chi connectivity index (χ1v) is 5.26. The lowest BCUT2D eigenvalue weighted by Crippen LogP contribution is -2.52. The lowest BCUT2D eigenvalue weighted by molar-refractivity contribution is -0.242. The molecular formula is C11H19O4. The SMILES string of the molecule is [CH2][C@H]1CCCC[C@@]1(O)[C@@H](OC)OC(C)=O. The van der Waals surface area contributed by atoms with E-state index in [1.807, 2.05) is 0 Å². The Balaban J connectivity index is 2.74. The van der Waals surface area contributed by atoms with Gasteiger partial charge in [0.2, 0.25) is 6.29 Å². The fraction of sp³-hybridized carbons (Fsp3) is 0.818. The summed E-state index contributed by atoms with van der Waals surface area (Å²) in [5.74, 6) is -0.608. The summed E-state index contributed by atoms with van der Waals surface area (Å²) in [6.45, 7) is 5.21. The quantitative estimate of drug-likeness (QED) is 0.569. The summed E-state index contributed by atoms with van der Waals surface area (Å²) < 4.78 is 10.0. The highest BCUT2D eigenvalue weighted by atomic mass is 16.7. The second-order valence-electron chi connectivity index (χ2n) is 4.11. The molecule has 1 fully saturated rings. The topological polar surface area (TPSA) is 55.8 Å². The van der Waals surface area contributed by atoms with Gasteiger partial charge in [0, 0.05) is 14.0 Å². The predicted octanol–water partition coefficient (Wildman–Crippen LogP) is 1.28. The minimum atomic E-state index is -1.14. The van der Waals surface area contributed by atoms with Gasteiger partial charge in [-0.2, -0.15) is 0 Å². The van der Waals surface area contributed by atoms with E-state index in [0.29, 0.717) is 6.42 Å². The first-order valence-electron chi connectivity index (χ1n) is 5.26. The standard InChI is InChI=1S/C11H19O4/c1-8-6-4-5-7-11(8,13)10(14-3)15-9(2)12/h8,10,13H,1,4-7H2,2-3H3/t8-,10-,11-/m0/s1. The first-order chi connectivity index (χ1) is 7.00. The van der Waals surface area contributed by atoms with E-state index in [4.69, 9.17) is 9.47 Å². The third kappa shape index (κ3) is 2.69. The maximum atomic E-state index is 10.9. The van der Waals surface area contributed by atoms with Crippen molar-refractivity contribution in [2.75, 3.05) is 7.11 Å². The summed E-state index contributed by atoms with van der Waals surface area (Å²) >= 11 is 0. The van der Waals surface area contributed by atoms with Crippen molar-refractivity contribution >= 4 is 5.97 Å². The van der Waals surface area contributed by atoms with Gasteiger partial charge in [0.15, 0.2) is 0 Å². The highest BCUT2D eigenvalue weighted by Gasteiger charge is 2.45. The van der Waals surface area contributed by atoms with Gasteiger partial charge in [0.1, 0.15) is 5.60 Å². The number of hydrogen-bond acceptors (Lipinski definition) is 4. The number of aliphatic hydroxyl groups is 1. The van der Waals surface area contributed by atoms with Crippen molar-refractivity contribution < 1.29 is 19.4 Å². The largest absolute Gasteiger partial charge is 0.433 e. The van der Waals surface area contributed by atoms with Crippen LogP contribution in [-0.4, -0.2) is 30.1 Å². The van der Waals surface area contributed by atoms with Crippen LogP contribution in [0.4, 0.5) is 0 Å². The fourth-order valence-electron chi connectivity index (χ4n) is 2.07. The molecule has 0 spiro atoms. The third-order valence-electron chi connectivity index (χ3n) is 2.98. The number of carbonyl (C=O) groups is 1. The smallest absolute Gasteiger partial charge is 0.305 e. The van der Waals surface area contributed by atoms with Crippen LogP contribution < -0.4 is 0 Å². The molecule has 1 radical (unpaired) electrons. The second-order valence-corrected chi connectivity index (χ2v) is 4.11. The highest BCUT2D eigenvalue weighted by molar-refractivity contribution is 5.66. The van der Waals surface area contributed by atoms with E-state index < -0.39 is 17.9 Å². The van der Waals surface area contributed by atoms with Crippen molar-refractivity contribution in [2.24, 2.45) is 5.92 Å². The maximum absolute atomic E-state index is 10.9. The molecular weight excluding hydrogens is 196 g/mol. The average Bonchev–Trinajstić information content (AvgIpc) is 2.18. The molecule has 0 aromatic heterocycles. The molecule has 0 aliphatic heterocycles. The normalized spacial score (nSPS) is 33.5. The second kappa shape index (κ2) is 4.94. The number of hydrogen-bond donors (Lipinski definition) is 1. The molecule has 1 N–H and O–H groups in total. The van der Waals surface area contributed by atoms with Crippen LogP contribution in [0.1, 0.15) is 32.6 Å². The van der Waals surface area contributed by atoms with Gasteiger partial charge in [0.25, 0.3) is 0 Å². The summed E-state index contributed by atoms with van der Waals surface area (Å²) in [4.78, 5) is 10.9. The third-order valence-corrected chi connectivity index (χ3v) is 2.98.